The lowest BCUT2D eigenvalue weighted by Crippen LogP contribution is -2.38. The second-order valence-corrected chi connectivity index (χ2v) is 7.32. The van der Waals surface area contributed by atoms with Crippen LogP contribution in [0.1, 0.15) is 12.8 Å². The number of aliphatic carboxylic acids is 1. The van der Waals surface area contributed by atoms with Crippen LogP contribution < -0.4 is 4.74 Å². The van der Waals surface area contributed by atoms with Crippen LogP contribution in [0.3, 0.4) is 0 Å². The molecule has 140 valence electrons. The predicted molar refractivity (Wildman–Crippen MR) is 106 cm³/mol. The molecule has 0 atom stereocenters. The molecule has 28 heavy (non-hydrogen) atoms. The number of aryl methyl sites for hydroxylation is 1. The highest BCUT2D eigenvalue weighted by molar-refractivity contribution is 6.08. The van der Waals surface area contributed by atoms with Gasteiger partial charge in [-0.1, -0.05) is 12.1 Å². The van der Waals surface area contributed by atoms with E-state index < -0.39 is 5.97 Å². The Labute approximate surface area is 161 Å². The van der Waals surface area contributed by atoms with Gasteiger partial charge in [-0.3, -0.25) is 9.78 Å². The third kappa shape index (κ3) is 2.69. The summed E-state index contributed by atoms with van der Waals surface area (Å²) in [5, 5.41) is 11.3. The minimum Gasteiger partial charge on any atom is -0.481 e. The third-order valence-electron chi connectivity index (χ3n) is 5.61. The monoisotopic (exact) mass is 373 g/mol. The highest BCUT2D eigenvalue weighted by Gasteiger charge is 2.36. The summed E-state index contributed by atoms with van der Waals surface area (Å²) in [6.07, 6.45) is 6.55. The zero-order valence-corrected chi connectivity index (χ0v) is 15.4. The molecule has 3 aromatic heterocycles. The van der Waals surface area contributed by atoms with Crippen molar-refractivity contribution < 1.29 is 14.6 Å². The van der Waals surface area contributed by atoms with Gasteiger partial charge in [-0.15, -0.1) is 0 Å². The van der Waals surface area contributed by atoms with Gasteiger partial charge in [0.1, 0.15) is 6.10 Å². The van der Waals surface area contributed by atoms with E-state index in [0.29, 0.717) is 18.7 Å². The molecule has 1 N–H and O–H groups in total. The molecule has 1 aliphatic carbocycles. The van der Waals surface area contributed by atoms with Crippen molar-refractivity contribution in [3.8, 4) is 17.0 Å². The lowest BCUT2D eigenvalue weighted by molar-refractivity contribution is -0.148. The van der Waals surface area contributed by atoms with Crippen LogP contribution in [0.15, 0.2) is 55.0 Å². The van der Waals surface area contributed by atoms with Crippen molar-refractivity contribution in [3.63, 3.8) is 0 Å². The Morgan fingerprint density at radius 2 is 1.89 bits per heavy atom. The molecular weight excluding hydrogens is 354 g/mol. The molecule has 0 bridgehead atoms. The minimum atomic E-state index is -0.748. The van der Waals surface area contributed by atoms with Gasteiger partial charge in [0.15, 0.2) is 0 Å². The van der Waals surface area contributed by atoms with Crippen LogP contribution in [0.25, 0.3) is 32.9 Å². The van der Waals surface area contributed by atoms with Gasteiger partial charge in [0.05, 0.1) is 11.4 Å². The average Bonchev–Trinajstić information content (AvgIpc) is 2.97. The van der Waals surface area contributed by atoms with E-state index in [2.05, 4.69) is 39.8 Å². The highest BCUT2D eigenvalue weighted by atomic mass is 16.5. The first-order valence-electron chi connectivity index (χ1n) is 9.28. The van der Waals surface area contributed by atoms with Gasteiger partial charge in [0.25, 0.3) is 0 Å². The zero-order valence-electron chi connectivity index (χ0n) is 15.4. The van der Waals surface area contributed by atoms with Gasteiger partial charge in [-0.05, 0) is 36.6 Å². The van der Waals surface area contributed by atoms with Gasteiger partial charge in [-0.25, -0.2) is 4.98 Å². The number of aromatic nitrogens is 3. The Bertz CT molecular complexity index is 1190. The Balaban J connectivity index is 1.40. The van der Waals surface area contributed by atoms with E-state index in [-0.39, 0.29) is 12.0 Å². The lowest BCUT2D eigenvalue weighted by atomic mass is 9.82. The van der Waals surface area contributed by atoms with Crippen molar-refractivity contribution in [2.24, 2.45) is 13.0 Å². The number of hydrogen-bond acceptors (Lipinski definition) is 4. The summed E-state index contributed by atoms with van der Waals surface area (Å²) in [5.74, 6) is -0.496. The van der Waals surface area contributed by atoms with Gasteiger partial charge in [-0.2, -0.15) is 0 Å². The first-order chi connectivity index (χ1) is 13.6. The molecule has 1 saturated carbocycles. The molecule has 0 spiro atoms. The van der Waals surface area contributed by atoms with E-state index in [1.807, 2.05) is 30.6 Å². The molecular formula is C22H19N3O3. The number of hydrogen-bond donors (Lipinski definition) is 1. The van der Waals surface area contributed by atoms with Crippen LogP contribution >= 0.6 is 0 Å². The first-order valence-corrected chi connectivity index (χ1v) is 9.28. The lowest BCUT2D eigenvalue weighted by Gasteiger charge is -2.31. The molecule has 1 aromatic carbocycles. The summed E-state index contributed by atoms with van der Waals surface area (Å²) in [4.78, 5) is 19.5. The third-order valence-corrected chi connectivity index (χ3v) is 5.61. The van der Waals surface area contributed by atoms with E-state index in [4.69, 9.17) is 9.84 Å². The largest absolute Gasteiger partial charge is 0.481 e. The molecule has 0 saturated heterocycles. The standard InChI is InChI=1S/C22H19N3O3/c1-25-19-6-7-23-12-18(19)17-4-2-13(10-20(17)25)14-3-5-21(24-11-14)28-16-8-15(9-16)22(26)27/h2-7,10-12,15-16H,8-9H2,1H3,(H,26,27). The van der Waals surface area contributed by atoms with Crippen molar-refractivity contribution in [1.82, 2.24) is 14.5 Å². The normalized spacial score (nSPS) is 18.9. The van der Waals surface area contributed by atoms with Gasteiger partial charge in [0.2, 0.25) is 5.88 Å². The fourth-order valence-electron chi connectivity index (χ4n) is 3.89. The summed E-state index contributed by atoms with van der Waals surface area (Å²) in [5.41, 5.74) is 4.40. The Morgan fingerprint density at radius 3 is 2.64 bits per heavy atom. The van der Waals surface area contributed by atoms with E-state index in [1.54, 1.807) is 6.20 Å². The predicted octanol–water partition coefficient (Wildman–Crippen LogP) is 4.03. The second kappa shape index (κ2) is 6.34. The minimum absolute atomic E-state index is 0.0554. The van der Waals surface area contributed by atoms with Crippen LogP contribution in [0.2, 0.25) is 0 Å². The molecule has 3 heterocycles. The van der Waals surface area contributed by atoms with E-state index in [9.17, 15) is 4.79 Å². The summed E-state index contributed by atoms with van der Waals surface area (Å²) < 4.78 is 7.94. The summed E-state index contributed by atoms with van der Waals surface area (Å²) in [7, 11) is 2.06. The number of fused-ring (bicyclic) bond motifs is 3. The van der Waals surface area contributed by atoms with Crippen molar-refractivity contribution >= 4 is 27.8 Å². The number of ether oxygens (including phenoxy) is 1. The molecule has 1 aliphatic rings. The zero-order chi connectivity index (χ0) is 19.3. The average molecular weight is 373 g/mol. The van der Waals surface area contributed by atoms with Crippen LogP contribution in [0.5, 0.6) is 5.88 Å². The second-order valence-electron chi connectivity index (χ2n) is 7.32. The fourth-order valence-corrected chi connectivity index (χ4v) is 3.89. The molecule has 6 nitrogen and oxygen atoms in total. The molecule has 0 aliphatic heterocycles. The number of carboxylic acid groups (broad SMARTS) is 1. The number of carbonyl (C=O) groups is 1. The summed E-state index contributed by atoms with van der Waals surface area (Å²) >= 11 is 0. The maximum absolute atomic E-state index is 10.9. The van der Waals surface area contributed by atoms with Gasteiger partial charge >= 0.3 is 5.97 Å². The van der Waals surface area contributed by atoms with Crippen LogP contribution in [0, 0.1) is 5.92 Å². The highest BCUT2D eigenvalue weighted by Crippen LogP contribution is 2.33. The molecule has 5 rings (SSSR count). The van der Waals surface area contributed by atoms with Crippen LogP contribution in [-0.4, -0.2) is 31.7 Å². The van der Waals surface area contributed by atoms with E-state index in [1.165, 1.54) is 5.39 Å². The number of nitrogens with zero attached hydrogens (tertiary/aromatic N) is 3. The molecule has 6 heteroatoms. The number of pyridine rings is 2. The van der Waals surface area contributed by atoms with Gasteiger partial charge < -0.3 is 14.4 Å². The number of benzene rings is 1. The first kappa shape index (κ1) is 16.7. The number of rotatable bonds is 4. The van der Waals surface area contributed by atoms with Crippen LogP contribution in [0.4, 0.5) is 0 Å². The molecule has 4 aromatic rings. The van der Waals surface area contributed by atoms with Crippen molar-refractivity contribution in [2.45, 2.75) is 18.9 Å². The number of carboxylic acids is 1. The molecule has 1 fully saturated rings. The van der Waals surface area contributed by atoms with E-state index >= 15 is 0 Å². The van der Waals surface area contributed by atoms with Gasteiger partial charge in [0, 0.05) is 53.6 Å². The van der Waals surface area contributed by atoms with Crippen molar-refractivity contribution in [3.05, 3.63) is 55.0 Å². The van der Waals surface area contributed by atoms with E-state index in [0.717, 1.165) is 27.5 Å². The maximum atomic E-state index is 10.9. The summed E-state index contributed by atoms with van der Waals surface area (Å²) in [6.45, 7) is 0. The van der Waals surface area contributed by atoms with Crippen molar-refractivity contribution in [1.29, 1.82) is 0 Å². The Morgan fingerprint density at radius 1 is 1.07 bits per heavy atom. The SMILES string of the molecule is Cn1c2ccncc2c2ccc(-c3ccc(OC4CC(C(=O)O)C4)nc3)cc21. The maximum Gasteiger partial charge on any atom is 0.306 e. The fraction of sp³-hybridized carbons (Fsp3) is 0.227. The smallest absolute Gasteiger partial charge is 0.306 e. The molecule has 0 unspecified atom stereocenters. The summed E-state index contributed by atoms with van der Waals surface area (Å²) in [6, 6.07) is 12.2. The molecule has 0 amide bonds. The van der Waals surface area contributed by atoms with Crippen LogP contribution in [-0.2, 0) is 11.8 Å². The quantitative estimate of drug-likeness (QED) is 0.584. The topological polar surface area (TPSA) is 77.2 Å². The Kier molecular flexibility index (Phi) is 3.79. The Hall–Kier alpha value is -3.41. The molecule has 0 radical (unpaired) electrons. The van der Waals surface area contributed by atoms with Crippen molar-refractivity contribution in [2.75, 3.05) is 0 Å².